The van der Waals surface area contributed by atoms with E-state index in [1.54, 1.807) is 6.07 Å². The number of ether oxygens (including phenoxy) is 2. The summed E-state index contributed by atoms with van der Waals surface area (Å²) in [6.45, 7) is 4.98. The third-order valence-electron chi connectivity index (χ3n) is 9.40. The average molecular weight is 575 g/mol. The first-order valence-electron chi connectivity index (χ1n) is 12.5. The molecule has 2 aromatic carbocycles. The fourth-order valence-corrected chi connectivity index (χ4v) is 7.64. The van der Waals surface area contributed by atoms with Crippen LogP contribution in [0.15, 0.2) is 42.5 Å². The number of quaternary nitrogens is 1. The predicted octanol–water partition coefficient (Wildman–Crippen LogP) is 0.941. The molecule has 3 unspecified atom stereocenters. The van der Waals surface area contributed by atoms with Gasteiger partial charge in [-0.2, -0.15) is 0 Å². The number of nitrogens with zero attached hydrogens (tertiary/aromatic N) is 1. The van der Waals surface area contributed by atoms with Crippen molar-refractivity contribution in [2.24, 2.45) is 0 Å². The van der Waals surface area contributed by atoms with Crippen molar-refractivity contribution in [3.8, 4) is 11.5 Å². The Morgan fingerprint density at radius 1 is 1.18 bits per heavy atom. The maximum Gasteiger partial charge on any atom is 0.174 e. The Morgan fingerprint density at radius 2 is 1.97 bits per heavy atom. The van der Waals surface area contributed by atoms with Crippen LogP contribution < -0.4 is 28.7 Å². The summed E-state index contributed by atoms with van der Waals surface area (Å²) in [6, 6.07) is 14.6. The number of aromatic hydroxyl groups is 1. The van der Waals surface area contributed by atoms with Crippen LogP contribution in [0.1, 0.15) is 49.3 Å². The molecule has 2 fully saturated rings. The number of halogens is 1. The van der Waals surface area contributed by atoms with E-state index < -0.39 is 17.1 Å². The Balaban J connectivity index is 0.00000241. The van der Waals surface area contributed by atoms with Crippen LogP contribution in [0.3, 0.4) is 0 Å². The maximum absolute atomic E-state index is 13.3. The van der Waals surface area contributed by atoms with Gasteiger partial charge in [0, 0.05) is 31.4 Å². The van der Waals surface area contributed by atoms with Gasteiger partial charge in [-0.05, 0) is 43.4 Å². The van der Waals surface area contributed by atoms with Crippen molar-refractivity contribution in [2.45, 2.75) is 68.6 Å². The van der Waals surface area contributed by atoms with Crippen molar-refractivity contribution < 1.29 is 47.8 Å². The van der Waals surface area contributed by atoms with Crippen LogP contribution in [0.2, 0.25) is 0 Å². The molecule has 182 valence electrons. The first kappa shape index (κ1) is 24.1. The number of phenolic OH excluding ortho intramolecular Hbond substituents is 1. The summed E-state index contributed by atoms with van der Waals surface area (Å²) in [6.07, 6.45) is 4.36. The van der Waals surface area contributed by atoms with E-state index in [9.17, 15) is 9.90 Å². The molecule has 1 saturated carbocycles. The van der Waals surface area contributed by atoms with Gasteiger partial charge in [-0.25, -0.2) is 0 Å². The molecule has 1 N–H and O–H groups in total. The van der Waals surface area contributed by atoms with Crippen LogP contribution in [-0.4, -0.2) is 59.9 Å². The lowest BCUT2D eigenvalue weighted by Gasteiger charge is -2.65. The van der Waals surface area contributed by atoms with Gasteiger partial charge in [0.05, 0.1) is 25.6 Å². The molecule has 1 spiro atoms. The molecular weight excluding hydrogens is 541 g/mol. The number of carbonyl (C=O) groups excluding carboxylic acids is 1. The summed E-state index contributed by atoms with van der Waals surface area (Å²) >= 11 is 0. The molecule has 2 aromatic rings. The van der Waals surface area contributed by atoms with Gasteiger partial charge >= 0.3 is 0 Å². The first-order valence-corrected chi connectivity index (χ1v) is 12.5. The zero-order valence-corrected chi connectivity index (χ0v) is 22.2. The standard InChI is InChI=1S/C28H33NO4.HI/c1-3-29(2)16-15-27-24-20-11-12-21(30)25(24)33-26(27)22(31)13-14-28(27,23(29)18-20)32-17-7-10-19-8-5-4-6-9-19;/h4-6,8-9,11-12,23,26H,3,7,10,13-18H2,1-2H3;1H/t23?,26?,27-,28?,29-;/m0./s1. The smallest absolute Gasteiger partial charge is 0.174 e. The number of Topliss-reactive ketones (excluding diaryl/α,β-unsaturated/α-hetero) is 1. The molecule has 4 aliphatic rings. The number of phenols is 1. The lowest BCUT2D eigenvalue weighted by atomic mass is 9.48. The highest BCUT2D eigenvalue weighted by Gasteiger charge is 2.77. The molecule has 6 rings (SSSR count). The van der Waals surface area contributed by atoms with Crippen LogP contribution in [-0.2, 0) is 27.8 Å². The molecular formula is C28H34INO4. The second kappa shape index (κ2) is 8.49. The van der Waals surface area contributed by atoms with Crippen molar-refractivity contribution in [2.75, 3.05) is 26.7 Å². The molecule has 1 saturated heterocycles. The normalized spacial score (nSPS) is 34.7. The lowest BCUT2D eigenvalue weighted by molar-refractivity contribution is -0.947. The van der Waals surface area contributed by atoms with Crippen LogP contribution >= 0.6 is 0 Å². The summed E-state index contributed by atoms with van der Waals surface area (Å²) in [5, 5.41) is 10.7. The van der Waals surface area contributed by atoms with Crippen molar-refractivity contribution in [3.05, 3.63) is 59.2 Å². The molecule has 2 aliphatic heterocycles. The van der Waals surface area contributed by atoms with E-state index in [4.69, 9.17) is 9.47 Å². The van der Waals surface area contributed by atoms with Crippen LogP contribution in [0, 0.1) is 0 Å². The summed E-state index contributed by atoms with van der Waals surface area (Å²) < 4.78 is 14.4. The van der Waals surface area contributed by atoms with Gasteiger partial charge in [0.2, 0.25) is 0 Å². The average Bonchev–Trinajstić information content (AvgIpc) is 3.20. The van der Waals surface area contributed by atoms with Gasteiger partial charge in [-0.1, -0.05) is 36.4 Å². The molecule has 0 amide bonds. The van der Waals surface area contributed by atoms with E-state index in [0.29, 0.717) is 18.8 Å². The zero-order chi connectivity index (χ0) is 22.8. The van der Waals surface area contributed by atoms with Crippen LogP contribution in [0.25, 0.3) is 0 Å². The van der Waals surface area contributed by atoms with E-state index in [0.717, 1.165) is 55.2 Å². The molecule has 5 atom stereocenters. The monoisotopic (exact) mass is 575 g/mol. The summed E-state index contributed by atoms with van der Waals surface area (Å²) in [7, 11) is 2.36. The number of ketones is 1. The third kappa shape index (κ3) is 3.07. The number of likely N-dealkylation sites (tertiary alicyclic amines) is 1. The fraction of sp³-hybridized carbons (Fsp3) is 0.536. The zero-order valence-electron chi connectivity index (χ0n) is 20.1. The number of piperidine rings is 1. The van der Waals surface area contributed by atoms with E-state index in [2.05, 4.69) is 50.4 Å². The van der Waals surface area contributed by atoms with Gasteiger partial charge in [0.15, 0.2) is 23.4 Å². The Hall–Kier alpha value is -1.64. The number of benzene rings is 2. The van der Waals surface area contributed by atoms with E-state index in [1.807, 2.05) is 0 Å². The molecule has 34 heavy (non-hydrogen) atoms. The number of carbonyl (C=O) groups is 1. The lowest BCUT2D eigenvalue weighted by Crippen LogP contribution is -3.00. The van der Waals surface area contributed by atoms with Crippen molar-refractivity contribution >= 4 is 5.78 Å². The van der Waals surface area contributed by atoms with Gasteiger partial charge in [0.1, 0.15) is 11.6 Å². The molecule has 0 aromatic heterocycles. The number of hydrogen-bond donors (Lipinski definition) is 1. The number of rotatable bonds is 6. The van der Waals surface area contributed by atoms with Crippen molar-refractivity contribution in [1.82, 2.24) is 0 Å². The van der Waals surface area contributed by atoms with Gasteiger partial charge in [-0.15, -0.1) is 0 Å². The highest BCUT2D eigenvalue weighted by atomic mass is 127. The largest absolute Gasteiger partial charge is 1.00 e. The molecule has 0 radical (unpaired) electrons. The van der Waals surface area contributed by atoms with Crippen molar-refractivity contribution in [3.63, 3.8) is 0 Å². The van der Waals surface area contributed by atoms with Crippen molar-refractivity contribution in [1.29, 1.82) is 0 Å². The highest BCUT2D eigenvalue weighted by molar-refractivity contribution is 5.90. The number of hydrogen-bond acceptors (Lipinski definition) is 4. The summed E-state index contributed by atoms with van der Waals surface area (Å²) in [5.74, 6) is 0.851. The summed E-state index contributed by atoms with van der Waals surface area (Å²) in [5.41, 5.74) is 2.69. The minimum atomic E-state index is -0.546. The maximum atomic E-state index is 13.3. The Labute approximate surface area is 219 Å². The molecule has 6 heteroatoms. The first-order chi connectivity index (χ1) is 16.0. The quantitative estimate of drug-likeness (QED) is 0.317. The van der Waals surface area contributed by atoms with E-state index in [-0.39, 0.29) is 41.6 Å². The Morgan fingerprint density at radius 3 is 2.74 bits per heavy atom. The Kier molecular flexibility index (Phi) is 6.01. The van der Waals surface area contributed by atoms with Crippen LogP contribution in [0.5, 0.6) is 11.5 Å². The number of aryl methyl sites for hydroxylation is 1. The second-order valence-corrected chi connectivity index (χ2v) is 10.7. The topological polar surface area (TPSA) is 55.8 Å². The SMILES string of the molecule is CC[N@@+]1(C)CC[C@]23c4c5ccc(O)c4OC2C(=O)CCC3(OCCCc2ccccc2)C1C5.[I-]. The summed E-state index contributed by atoms with van der Waals surface area (Å²) in [4.78, 5) is 13.3. The number of likely N-dealkylation sites (N-methyl/N-ethyl adjacent to an activating group) is 1. The molecule has 5 nitrogen and oxygen atoms in total. The minimum Gasteiger partial charge on any atom is -1.00 e. The van der Waals surface area contributed by atoms with E-state index >= 15 is 0 Å². The molecule has 2 aliphatic carbocycles. The Bertz CT molecular complexity index is 1110. The molecule has 2 heterocycles. The second-order valence-electron chi connectivity index (χ2n) is 10.7. The third-order valence-corrected chi connectivity index (χ3v) is 9.40. The minimum absolute atomic E-state index is 0. The highest BCUT2D eigenvalue weighted by Crippen LogP contribution is 2.66. The van der Waals surface area contributed by atoms with Gasteiger partial charge in [0.25, 0.3) is 0 Å². The van der Waals surface area contributed by atoms with E-state index in [1.165, 1.54) is 11.1 Å². The fourth-order valence-electron chi connectivity index (χ4n) is 7.64. The predicted molar refractivity (Wildman–Crippen MR) is 126 cm³/mol. The van der Waals surface area contributed by atoms with Gasteiger partial charge < -0.3 is 43.0 Å². The van der Waals surface area contributed by atoms with Crippen LogP contribution in [0.4, 0.5) is 0 Å². The van der Waals surface area contributed by atoms with Gasteiger partial charge in [-0.3, -0.25) is 4.79 Å². The molecule has 2 bridgehead atoms.